The minimum absolute atomic E-state index is 0.258. The number of imide groups is 1. The first-order chi connectivity index (χ1) is 16.5. The summed E-state index contributed by atoms with van der Waals surface area (Å²) in [7, 11) is 0. The third-order valence-corrected chi connectivity index (χ3v) is 6.13. The van der Waals surface area contributed by atoms with Gasteiger partial charge in [0.15, 0.2) is 0 Å². The van der Waals surface area contributed by atoms with Crippen LogP contribution in [0.1, 0.15) is 5.56 Å². The maximum Gasteiger partial charge on any atom is 0.294 e. The van der Waals surface area contributed by atoms with Crippen molar-refractivity contribution in [1.82, 2.24) is 4.90 Å². The van der Waals surface area contributed by atoms with E-state index in [0.717, 1.165) is 41.0 Å². The molecule has 0 bridgehead atoms. The highest BCUT2D eigenvalue weighted by molar-refractivity contribution is 8.18. The quantitative estimate of drug-likeness (QED) is 0.456. The average molecular weight is 480 g/mol. The zero-order valence-corrected chi connectivity index (χ0v) is 19.4. The van der Waals surface area contributed by atoms with E-state index in [0.29, 0.717) is 31.3 Å². The number of benzene rings is 2. The molecule has 9 heteroatoms. The van der Waals surface area contributed by atoms with Crippen molar-refractivity contribution in [3.05, 3.63) is 71.7 Å². The number of morpholine rings is 1. The summed E-state index contributed by atoms with van der Waals surface area (Å²) in [5.74, 6) is -0.306. The van der Waals surface area contributed by atoms with Crippen molar-refractivity contribution in [2.75, 3.05) is 49.7 Å². The van der Waals surface area contributed by atoms with Crippen LogP contribution in [-0.2, 0) is 14.3 Å². The first kappa shape index (κ1) is 23.6. The Morgan fingerprint density at radius 1 is 1.15 bits per heavy atom. The lowest BCUT2D eigenvalue weighted by Crippen LogP contribution is -2.36. The van der Waals surface area contributed by atoms with Gasteiger partial charge in [0.1, 0.15) is 18.9 Å². The molecule has 2 fully saturated rings. The van der Waals surface area contributed by atoms with Gasteiger partial charge in [-0.2, -0.15) is 0 Å². The molecule has 2 aromatic rings. The highest BCUT2D eigenvalue weighted by atomic mass is 32.2. The van der Waals surface area contributed by atoms with Crippen molar-refractivity contribution < 1.29 is 23.9 Å². The predicted molar refractivity (Wildman–Crippen MR) is 133 cm³/mol. The minimum Gasteiger partial charge on any atom is -0.490 e. The molecule has 2 saturated heterocycles. The number of amides is 3. The van der Waals surface area contributed by atoms with Crippen LogP contribution in [0.2, 0.25) is 0 Å². The second-order valence-electron chi connectivity index (χ2n) is 7.63. The average Bonchev–Trinajstić information content (AvgIpc) is 3.11. The summed E-state index contributed by atoms with van der Waals surface area (Å²) < 4.78 is 10.9. The van der Waals surface area contributed by atoms with Gasteiger partial charge in [0.05, 0.1) is 18.1 Å². The van der Waals surface area contributed by atoms with E-state index in [1.165, 1.54) is 0 Å². The minimum atomic E-state index is -0.495. The van der Waals surface area contributed by atoms with Crippen molar-refractivity contribution in [3.8, 4) is 5.75 Å². The van der Waals surface area contributed by atoms with Crippen LogP contribution < -0.4 is 15.0 Å². The lowest BCUT2D eigenvalue weighted by molar-refractivity contribution is -0.127. The molecule has 0 atom stereocenters. The predicted octanol–water partition coefficient (Wildman–Crippen LogP) is 3.76. The first-order valence-electron chi connectivity index (χ1n) is 10.9. The van der Waals surface area contributed by atoms with E-state index in [4.69, 9.17) is 9.47 Å². The number of hydrogen-bond donors (Lipinski definition) is 1. The van der Waals surface area contributed by atoms with Crippen LogP contribution in [0, 0.1) is 0 Å². The second-order valence-corrected chi connectivity index (χ2v) is 8.63. The zero-order chi connectivity index (χ0) is 23.9. The van der Waals surface area contributed by atoms with E-state index in [-0.39, 0.29) is 11.4 Å². The van der Waals surface area contributed by atoms with Gasteiger partial charge in [0, 0.05) is 24.5 Å². The monoisotopic (exact) mass is 479 g/mol. The van der Waals surface area contributed by atoms with E-state index in [9.17, 15) is 14.4 Å². The molecular weight excluding hydrogens is 454 g/mol. The lowest BCUT2D eigenvalue weighted by atomic mass is 10.2. The molecular formula is C25H25N3O5S. The van der Waals surface area contributed by atoms with Crippen LogP contribution in [0.15, 0.2) is 66.1 Å². The lowest BCUT2D eigenvalue weighted by Gasteiger charge is -2.28. The van der Waals surface area contributed by atoms with Crippen molar-refractivity contribution in [1.29, 1.82) is 0 Å². The van der Waals surface area contributed by atoms with Gasteiger partial charge in [0.25, 0.3) is 11.1 Å². The van der Waals surface area contributed by atoms with Gasteiger partial charge in [0.2, 0.25) is 5.91 Å². The highest BCUT2D eigenvalue weighted by Crippen LogP contribution is 2.32. The number of carbonyl (C=O) groups is 3. The topological polar surface area (TPSA) is 88.2 Å². The van der Waals surface area contributed by atoms with E-state index < -0.39 is 17.1 Å². The van der Waals surface area contributed by atoms with Gasteiger partial charge in [-0.25, -0.2) is 0 Å². The van der Waals surface area contributed by atoms with Crippen molar-refractivity contribution in [2.24, 2.45) is 0 Å². The van der Waals surface area contributed by atoms with Gasteiger partial charge in [-0.3, -0.25) is 19.3 Å². The van der Waals surface area contributed by atoms with Crippen LogP contribution in [-0.4, -0.2) is 61.4 Å². The zero-order valence-electron chi connectivity index (χ0n) is 18.6. The number of nitrogens with one attached hydrogen (secondary N) is 1. The molecule has 176 valence electrons. The number of anilines is 2. The van der Waals surface area contributed by atoms with Crippen molar-refractivity contribution >= 4 is 46.3 Å². The second kappa shape index (κ2) is 11.0. The summed E-state index contributed by atoms with van der Waals surface area (Å²) >= 11 is 0.812. The molecule has 34 heavy (non-hydrogen) atoms. The number of hydrogen-bond acceptors (Lipinski definition) is 7. The number of thioether (sulfide) groups is 1. The smallest absolute Gasteiger partial charge is 0.294 e. The maximum atomic E-state index is 12.8. The molecule has 2 aliphatic heterocycles. The summed E-state index contributed by atoms with van der Waals surface area (Å²) in [6.07, 6.45) is 3.26. The normalized spacial score (nSPS) is 17.2. The van der Waals surface area contributed by atoms with E-state index in [2.05, 4.69) is 16.8 Å². The molecule has 3 amide bonds. The number of carbonyl (C=O) groups excluding carboxylic acids is 3. The Hall–Kier alpha value is -3.56. The fourth-order valence-electron chi connectivity index (χ4n) is 3.56. The van der Waals surface area contributed by atoms with E-state index in [1.807, 2.05) is 18.2 Å². The van der Waals surface area contributed by atoms with Crippen molar-refractivity contribution in [3.63, 3.8) is 0 Å². The molecule has 0 aromatic heterocycles. The van der Waals surface area contributed by atoms with Crippen LogP contribution in [0.25, 0.3) is 6.08 Å². The Morgan fingerprint density at radius 2 is 1.91 bits per heavy atom. The van der Waals surface area contributed by atoms with Crippen LogP contribution in [0.3, 0.4) is 0 Å². The molecule has 2 aliphatic rings. The van der Waals surface area contributed by atoms with Gasteiger partial charge in [-0.05, 0) is 59.8 Å². The Labute approximate surface area is 202 Å². The summed E-state index contributed by atoms with van der Waals surface area (Å²) in [5, 5.41) is 2.27. The molecule has 0 unspecified atom stereocenters. The Morgan fingerprint density at radius 3 is 2.65 bits per heavy atom. The van der Waals surface area contributed by atoms with E-state index >= 15 is 0 Å². The fraction of sp³-hybridized carbons (Fsp3) is 0.240. The number of nitrogens with zero attached hydrogens (tertiary/aromatic N) is 2. The molecule has 0 aliphatic carbocycles. The SMILES string of the molecule is C=CCOc1cccc(/C=C2/SC(=O)N(CC(=O)Nc3ccc(N4CCOCC4)cc3)C2=O)c1. The van der Waals surface area contributed by atoms with Crippen molar-refractivity contribution in [2.45, 2.75) is 0 Å². The molecule has 1 N–H and O–H groups in total. The molecule has 2 heterocycles. The fourth-order valence-corrected chi connectivity index (χ4v) is 4.40. The maximum absolute atomic E-state index is 12.8. The van der Waals surface area contributed by atoms with Gasteiger partial charge < -0.3 is 19.7 Å². The number of rotatable bonds is 8. The van der Waals surface area contributed by atoms with E-state index in [1.54, 1.807) is 42.5 Å². The Bertz CT molecular complexity index is 1110. The summed E-state index contributed by atoms with van der Waals surface area (Å²) in [4.78, 5) is 41.1. The van der Waals surface area contributed by atoms with Gasteiger partial charge in [-0.15, -0.1) is 0 Å². The summed E-state index contributed by atoms with van der Waals surface area (Å²) in [6, 6.07) is 14.6. The third kappa shape index (κ3) is 5.86. The van der Waals surface area contributed by atoms with Crippen LogP contribution in [0.4, 0.5) is 16.2 Å². The first-order valence-corrected chi connectivity index (χ1v) is 11.7. The van der Waals surface area contributed by atoms with Crippen LogP contribution >= 0.6 is 11.8 Å². The number of ether oxygens (including phenoxy) is 2. The third-order valence-electron chi connectivity index (χ3n) is 5.23. The molecule has 2 aromatic carbocycles. The standard InChI is InChI=1S/C25H25N3O5S/c1-2-12-33-21-5-3-4-18(15-21)16-22-24(30)28(25(31)34-22)17-23(29)26-19-6-8-20(9-7-19)27-10-13-32-14-11-27/h2-9,15-16H,1,10-14,17H2,(H,26,29)/b22-16+. The summed E-state index contributed by atoms with van der Waals surface area (Å²) in [6.45, 7) is 6.66. The molecule has 0 radical (unpaired) electrons. The molecule has 4 rings (SSSR count). The van der Waals surface area contributed by atoms with Crippen LogP contribution in [0.5, 0.6) is 5.75 Å². The van der Waals surface area contributed by atoms with Gasteiger partial charge in [-0.1, -0.05) is 24.8 Å². The largest absolute Gasteiger partial charge is 0.490 e. The summed E-state index contributed by atoms with van der Waals surface area (Å²) in [5.41, 5.74) is 2.37. The molecule has 0 spiro atoms. The van der Waals surface area contributed by atoms with Gasteiger partial charge >= 0.3 is 0 Å². The Kier molecular flexibility index (Phi) is 7.66. The highest BCUT2D eigenvalue weighted by Gasteiger charge is 2.36. The Balaban J connectivity index is 1.36. The molecule has 8 nitrogen and oxygen atoms in total. The molecule has 0 saturated carbocycles.